The smallest absolute Gasteiger partial charge is 0.0692 e. The first-order valence-corrected chi connectivity index (χ1v) is 8.27. The fourth-order valence-corrected chi connectivity index (χ4v) is 3.76. The van der Waals surface area contributed by atoms with Crippen molar-refractivity contribution in [1.29, 1.82) is 0 Å². The first-order valence-electron chi connectivity index (χ1n) is 8.27. The lowest BCUT2D eigenvalue weighted by atomic mass is 9.84. The lowest BCUT2D eigenvalue weighted by Gasteiger charge is -2.49. The molecule has 0 amide bonds. The Morgan fingerprint density at radius 1 is 1.26 bits per heavy atom. The fourth-order valence-electron chi connectivity index (χ4n) is 3.76. The molecular formula is C16H32N2O. The van der Waals surface area contributed by atoms with Gasteiger partial charge in [0.2, 0.25) is 0 Å². The van der Waals surface area contributed by atoms with Gasteiger partial charge in [-0.15, -0.1) is 0 Å². The maximum atomic E-state index is 6.13. The largest absolute Gasteiger partial charge is 0.375 e. The number of hydrogen-bond acceptors (Lipinski definition) is 3. The molecule has 2 saturated heterocycles. The third-order valence-electron chi connectivity index (χ3n) is 5.42. The second-order valence-corrected chi connectivity index (χ2v) is 6.44. The van der Waals surface area contributed by atoms with E-state index in [9.17, 15) is 0 Å². The van der Waals surface area contributed by atoms with E-state index < -0.39 is 0 Å². The van der Waals surface area contributed by atoms with E-state index in [-0.39, 0.29) is 5.60 Å². The van der Waals surface area contributed by atoms with Crippen LogP contribution < -0.4 is 5.32 Å². The van der Waals surface area contributed by atoms with E-state index in [4.69, 9.17) is 4.74 Å². The Morgan fingerprint density at radius 3 is 2.63 bits per heavy atom. The molecule has 0 bridgehead atoms. The summed E-state index contributed by atoms with van der Waals surface area (Å²) in [5, 5.41) is 3.66. The zero-order valence-corrected chi connectivity index (χ0v) is 13.2. The Bertz CT molecular complexity index is 278. The average molecular weight is 268 g/mol. The zero-order valence-electron chi connectivity index (χ0n) is 13.2. The molecule has 112 valence electrons. The second-order valence-electron chi connectivity index (χ2n) is 6.44. The van der Waals surface area contributed by atoms with Crippen molar-refractivity contribution in [3.8, 4) is 0 Å². The fraction of sp³-hybridized carbons (Fsp3) is 1.00. The lowest BCUT2D eigenvalue weighted by molar-refractivity contribution is -0.117. The lowest BCUT2D eigenvalue weighted by Crippen LogP contribution is -2.60. The molecule has 0 aromatic rings. The summed E-state index contributed by atoms with van der Waals surface area (Å²) < 4.78 is 6.13. The summed E-state index contributed by atoms with van der Waals surface area (Å²) in [5.74, 6) is 0. The van der Waals surface area contributed by atoms with Crippen LogP contribution in [0.1, 0.15) is 59.8 Å². The van der Waals surface area contributed by atoms with Crippen LogP contribution in [-0.2, 0) is 4.74 Å². The maximum Gasteiger partial charge on any atom is 0.0692 e. The van der Waals surface area contributed by atoms with Gasteiger partial charge in [0.25, 0.3) is 0 Å². The van der Waals surface area contributed by atoms with Crippen molar-refractivity contribution in [2.75, 3.05) is 19.7 Å². The average Bonchev–Trinajstić information content (AvgIpc) is 2.47. The van der Waals surface area contributed by atoms with Crippen molar-refractivity contribution in [2.45, 2.75) is 83.5 Å². The number of nitrogens with zero attached hydrogens (tertiary/aromatic N) is 1. The molecule has 2 heterocycles. The summed E-state index contributed by atoms with van der Waals surface area (Å²) in [6, 6.07) is 2.06. The predicted octanol–water partition coefficient (Wildman–Crippen LogP) is 2.80. The Kier molecular flexibility index (Phi) is 5.27. The Hall–Kier alpha value is -0.120. The van der Waals surface area contributed by atoms with Crippen molar-refractivity contribution < 1.29 is 4.74 Å². The molecule has 1 N–H and O–H groups in total. The van der Waals surface area contributed by atoms with Crippen LogP contribution in [0, 0.1) is 0 Å². The topological polar surface area (TPSA) is 24.5 Å². The summed E-state index contributed by atoms with van der Waals surface area (Å²) in [5.41, 5.74) is 0.148. The maximum absolute atomic E-state index is 6.13. The number of rotatable bonds is 4. The highest BCUT2D eigenvalue weighted by atomic mass is 16.5. The van der Waals surface area contributed by atoms with E-state index in [0.29, 0.717) is 12.1 Å². The van der Waals surface area contributed by atoms with Gasteiger partial charge in [-0.2, -0.15) is 0 Å². The number of ether oxygens (including phenoxy) is 1. The molecule has 3 heteroatoms. The van der Waals surface area contributed by atoms with Crippen LogP contribution in [0.5, 0.6) is 0 Å². The highest BCUT2D eigenvalue weighted by Crippen LogP contribution is 2.34. The Balaban J connectivity index is 2.03. The van der Waals surface area contributed by atoms with Crippen LogP contribution in [0.15, 0.2) is 0 Å². The molecular weight excluding hydrogens is 236 g/mol. The van der Waals surface area contributed by atoms with E-state index in [2.05, 4.69) is 37.9 Å². The third kappa shape index (κ3) is 3.32. The molecule has 2 fully saturated rings. The molecule has 0 aliphatic carbocycles. The first-order chi connectivity index (χ1) is 9.14. The molecule has 2 aliphatic rings. The molecule has 0 saturated carbocycles. The van der Waals surface area contributed by atoms with Crippen molar-refractivity contribution in [1.82, 2.24) is 10.2 Å². The van der Waals surface area contributed by atoms with Crippen LogP contribution >= 0.6 is 0 Å². The van der Waals surface area contributed by atoms with Crippen LogP contribution in [0.2, 0.25) is 0 Å². The monoisotopic (exact) mass is 268 g/mol. The minimum atomic E-state index is 0.148. The highest BCUT2D eigenvalue weighted by Gasteiger charge is 2.39. The van der Waals surface area contributed by atoms with Gasteiger partial charge in [0, 0.05) is 37.8 Å². The first kappa shape index (κ1) is 15.3. The SMILES string of the molecule is CCC1CN(C2CCOC(CC)(CC)C2)C(C)CN1. The molecule has 0 aromatic heterocycles. The number of nitrogens with one attached hydrogen (secondary N) is 1. The molecule has 3 unspecified atom stereocenters. The van der Waals surface area contributed by atoms with Crippen molar-refractivity contribution in [3.63, 3.8) is 0 Å². The van der Waals surface area contributed by atoms with Gasteiger partial charge < -0.3 is 10.1 Å². The summed E-state index contributed by atoms with van der Waals surface area (Å²) in [7, 11) is 0. The number of piperazine rings is 1. The Labute approximate surface area is 119 Å². The quantitative estimate of drug-likeness (QED) is 0.848. The molecule has 19 heavy (non-hydrogen) atoms. The van der Waals surface area contributed by atoms with Crippen LogP contribution in [0.25, 0.3) is 0 Å². The molecule has 0 aromatic carbocycles. The molecule has 3 atom stereocenters. The van der Waals surface area contributed by atoms with E-state index in [0.717, 1.165) is 32.0 Å². The van der Waals surface area contributed by atoms with Crippen molar-refractivity contribution in [3.05, 3.63) is 0 Å². The van der Waals surface area contributed by atoms with Gasteiger partial charge in [0.05, 0.1) is 5.60 Å². The normalized spacial score (nSPS) is 36.3. The summed E-state index contributed by atoms with van der Waals surface area (Å²) in [6.07, 6.45) is 5.97. The van der Waals surface area contributed by atoms with Gasteiger partial charge in [0.1, 0.15) is 0 Å². The van der Waals surface area contributed by atoms with Crippen molar-refractivity contribution >= 4 is 0 Å². The summed E-state index contributed by atoms with van der Waals surface area (Å²) >= 11 is 0. The highest BCUT2D eigenvalue weighted by molar-refractivity contribution is 4.94. The van der Waals surface area contributed by atoms with Gasteiger partial charge in [0.15, 0.2) is 0 Å². The summed E-state index contributed by atoms with van der Waals surface area (Å²) in [4.78, 5) is 2.76. The summed E-state index contributed by atoms with van der Waals surface area (Å²) in [6.45, 7) is 12.5. The number of hydrogen-bond donors (Lipinski definition) is 1. The minimum absolute atomic E-state index is 0.148. The molecule has 2 rings (SSSR count). The minimum Gasteiger partial charge on any atom is -0.375 e. The standard InChI is InChI=1S/C16H32N2O/c1-5-14-12-18(13(4)11-17-14)15-8-9-19-16(6-2,7-3)10-15/h13-15,17H,5-12H2,1-4H3. The van der Waals surface area contributed by atoms with Gasteiger partial charge >= 0.3 is 0 Å². The van der Waals surface area contributed by atoms with Gasteiger partial charge in [-0.05, 0) is 39.0 Å². The molecule has 0 radical (unpaired) electrons. The van der Waals surface area contributed by atoms with E-state index in [1.165, 1.54) is 25.8 Å². The molecule has 2 aliphatic heterocycles. The van der Waals surface area contributed by atoms with Crippen molar-refractivity contribution in [2.24, 2.45) is 0 Å². The van der Waals surface area contributed by atoms with E-state index in [1.54, 1.807) is 0 Å². The van der Waals surface area contributed by atoms with E-state index >= 15 is 0 Å². The zero-order chi connectivity index (χ0) is 13.9. The molecule has 0 spiro atoms. The molecule has 3 nitrogen and oxygen atoms in total. The third-order valence-corrected chi connectivity index (χ3v) is 5.42. The predicted molar refractivity (Wildman–Crippen MR) is 80.5 cm³/mol. The second kappa shape index (κ2) is 6.55. The van der Waals surface area contributed by atoms with Crippen LogP contribution in [0.3, 0.4) is 0 Å². The van der Waals surface area contributed by atoms with Crippen LogP contribution in [0.4, 0.5) is 0 Å². The Morgan fingerprint density at radius 2 is 2.00 bits per heavy atom. The van der Waals surface area contributed by atoms with Gasteiger partial charge in [-0.1, -0.05) is 20.8 Å². The van der Waals surface area contributed by atoms with Crippen LogP contribution in [-0.4, -0.2) is 48.3 Å². The van der Waals surface area contributed by atoms with E-state index in [1.807, 2.05) is 0 Å². The van der Waals surface area contributed by atoms with Gasteiger partial charge in [-0.25, -0.2) is 0 Å². The van der Waals surface area contributed by atoms with Gasteiger partial charge in [-0.3, -0.25) is 4.90 Å².